The maximum atomic E-state index is 12.9. The molecule has 0 aliphatic rings. The van der Waals surface area contributed by atoms with E-state index in [9.17, 15) is 23.4 Å². The van der Waals surface area contributed by atoms with E-state index in [1.54, 1.807) is 24.3 Å². The smallest absolute Gasteiger partial charge is 0.389 e. The maximum Gasteiger partial charge on any atom is 0.389 e. The van der Waals surface area contributed by atoms with Crippen LogP contribution < -0.4 is 9.80 Å². The minimum atomic E-state index is -4.24. The molecule has 0 unspecified atom stereocenters. The summed E-state index contributed by atoms with van der Waals surface area (Å²) in [6.07, 6.45) is -5.23. The Labute approximate surface area is 232 Å². The summed E-state index contributed by atoms with van der Waals surface area (Å²) in [7, 11) is 1.93. The fraction of sp³-hybridized carbons (Fsp3) is 0.152. The van der Waals surface area contributed by atoms with E-state index in [2.05, 4.69) is 13.2 Å². The number of alkyl halides is 3. The number of para-hydroxylation sites is 1. The molecule has 0 atom stereocenters. The Morgan fingerprint density at radius 1 is 0.725 bits per heavy atom. The molecule has 4 aromatic rings. The molecule has 2 N–H and O–H groups in total. The number of phenolic OH excluding ortho intramolecular Hbond substituents is 1. The van der Waals surface area contributed by atoms with Crippen LogP contribution >= 0.6 is 0 Å². The molecule has 0 amide bonds. The topological polar surface area (TPSA) is 46.9 Å². The van der Waals surface area contributed by atoms with Crippen LogP contribution in [0.3, 0.4) is 0 Å². The average molecular weight is 545 g/mol. The van der Waals surface area contributed by atoms with Gasteiger partial charge in [0.15, 0.2) is 0 Å². The number of aromatic hydroxyl groups is 1. The summed E-state index contributed by atoms with van der Waals surface area (Å²) in [5, 5.41) is 19.8. The number of aliphatic hydroxyl groups excluding tert-OH is 1. The van der Waals surface area contributed by atoms with Gasteiger partial charge in [-0.15, -0.1) is 0 Å². The third kappa shape index (κ3) is 7.05. The molecular weight excluding hydrogens is 513 g/mol. The van der Waals surface area contributed by atoms with Crippen LogP contribution in [0.5, 0.6) is 5.75 Å². The van der Waals surface area contributed by atoms with Gasteiger partial charge in [0.2, 0.25) is 0 Å². The highest BCUT2D eigenvalue weighted by atomic mass is 19.4. The van der Waals surface area contributed by atoms with Crippen molar-refractivity contribution in [2.24, 2.45) is 0 Å². The molecule has 206 valence electrons. The Morgan fingerprint density at radius 3 is 1.88 bits per heavy atom. The lowest BCUT2D eigenvalue weighted by Gasteiger charge is -2.27. The van der Waals surface area contributed by atoms with Crippen molar-refractivity contribution < 1.29 is 23.4 Å². The minimum Gasteiger partial charge on any atom is -0.508 e. The van der Waals surface area contributed by atoms with Gasteiger partial charge in [0, 0.05) is 48.3 Å². The molecule has 40 heavy (non-hydrogen) atoms. The van der Waals surface area contributed by atoms with E-state index >= 15 is 0 Å². The van der Waals surface area contributed by atoms with Crippen molar-refractivity contribution in [3.63, 3.8) is 0 Å². The highest BCUT2D eigenvalue weighted by molar-refractivity contribution is 5.83. The first-order chi connectivity index (χ1) is 19.0. The van der Waals surface area contributed by atoms with Crippen LogP contribution in [0.25, 0.3) is 11.3 Å². The van der Waals surface area contributed by atoms with Crippen LogP contribution in [0.1, 0.15) is 29.5 Å². The molecule has 7 heteroatoms. The molecule has 0 fully saturated rings. The molecule has 0 saturated carbocycles. The SMILES string of the molecule is C=C(O)c1cc(C(=C)c2ccc(N(C)c3ccc(O)cc3)cc2)cc(N(CCCC(F)(F)F)c2ccccc2)c1. The molecule has 4 nitrogen and oxygen atoms in total. The van der Waals surface area contributed by atoms with Gasteiger partial charge in [-0.3, -0.25) is 0 Å². The van der Waals surface area contributed by atoms with E-state index in [0.717, 1.165) is 22.6 Å². The van der Waals surface area contributed by atoms with Crippen molar-refractivity contribution in [1.29, 1.82) is 0 Å². The fourth-order valence-electron chi connectivity index (χ4n) is 4.44. The Bertz CT molecular complexity index is 1460. The zero-order chi connectivity index (χ0) is 28.9. The lowest BCUT2D eigenvalue weighted by Crippen LogP contribution is -2.21. The molecule has 4 rings (SSSR count). The van der Waals surface area contributed by atoms with Gasteiger partial charge in [-0.1, -0.05) is 43.5 Å². The lowest BCUT2D eigenvalue weighted by atomic mass is 9.96. The lowest BCUT2D eigenvalue weighted by molar-refractivity contribution is -0.134. The van der Waals surface area contributed by atoms with E-state index in [-0.39, 0.29) is 24.5 Å². The summed E-state index contributed by atoms with van der Waals surface area (Å²) in [6, 6.07) is 29.2. The van der Waals surface area contributed by atoms with Crippen molar-refractivity contribution in [2.45, 2.75) is 19.0 Å². The molecule has 0 aromatic heterocycles. The summed E-state index contributed by atoms with van der Waals surface area (Å²) in [6.45, 7) is 8.09. The van der Waals surface area contributed by atoms with Crippen LogP contribution in [0, 0.1) is 0 Å². The Balaban J connectivity index is 1.65. The molecule has 0 bridgehead atoms. The van der Waals surface area contributed by atoms with Gasteiger partial charge in [-0.05, 0) is 89.9 Å². The number of rotatable bonds is 10. The van der Waals surface area contributed by atoms with Crippen molar-refractivity contribution in [3.8, 4) is 5.75 Å². The second-order valence-electron chi connectivity index (χ2n) is 9.52. The Kier molecular flexibility index (Phi) is 8.53. The number of hydrogen-bond acceptors (Lipinski definition) is 4. The molecular formula is C33H31F3N2O2. The number of nitrogens with zero attached hydrogens (tertiary/aromatic N) is 2. The largest absolute Gasteiger partial charge is 0.508 e. The molecule has 0 aliphatic carbocycles. The van der Waals surface area contributed by atoms with E-state index < -0.39 is 12.6 Å². The second-order valence-corrected chi connectivity index (χ2v) is 9.52. The van der Waals surface area contributed by atoms with Crippen molar-refractivity contribution in [1.82, 2.24) is 0 Å². The first-order valence-electron chi connectivity index (χ1n) is 12.8. The number of halogens is 3. The number of anilines is 4. The Hall–Kier alpha value is -4.65. The summed E-state index contributed by atoms with van der Waals surface area (Å²) >= 11 is 0. The van der Waals surface area contributed by atoms with E-state index in [1.165, 1.54) is 0 Å². The number of hydrogen-bond donors (Lipinski definition) is 2. The zero-order valence-corrected chi connectivity index (χ0v) is 22.2. The van der Waals surface area contributed by atoms with Crippen molar-refractivity contribution >= 4 is 34.1 Å². The van der Waals surface area contributed by atoms with Crippen molar-refractivity contribution in [2.75, 3.05) is 23.4 Å². The van der Waals surface area contributed by atoms with Crippen LogP contribution in [0.4, 0.5) is 35.9 Å². The molecule has 0 saturated heterocycles. The average Bonchev–Trinajstić information content (AvgIpc) is 2.94. The number of benzene rings is 4. The van der Waals surface area contributed by atoms with Crippen LogP contribution in [0.2, 0.25) is 0 Å². The Morgan fingerprint density at radius 2 is 1.30 bits per heavy atom. The molecule has 0 heterocycles. The van der Waals surface area contributed by atoms with Crippen LogP contribution in [-0.4, -0.2) is 30.0 Å². The highest BCUT2D eigenvalue weighted by Gasteiger charge is 2.27. The summed E-state index contributed by atoms with van der Waals surface area (Å²) in [4.78, 5) is 3.80. The highest BCUT2D eigenvalue weighted by Crippen LogP contribution is 2.35. The van der Waals surface area contributed by atoms with E-state index in [1.807, 2.05) is 89.6 Å². The third-order valence-electron chi connectivity index (χ3n) is 6.66. The van der Waals surface area contributed by atoms with Gasteiger partial charge < -0.3 is 20.0 Å². The molecule has 4 aromatic carbocycles. The van der Waals surface area contributed by atoms with Gasteiger partial charge >= 0.3 is 6.18 Å². The predicted octanol–water partition coefficient (Wildman–Crippen LogP) is 9.23. The molecule has 0 spiro atoms. The predicted molar refractivity (Wildman–Crippen MR) is 158 cm³/mol. The van der Waals surface area contributed by atoms with Crippen LogP contribution in [0.15, 0.2) is 110 Å². The van der Waals surface area contributed by atoms with Gasteiger partial charge in [-0.2, -0.15) is 13.2 Å². The molecule has 0 radical (unpaired) electrons. The quantitative estimate of drug-likeness (QED) is 0.195. The maximum absolute atomic E-state index is 12.9. The van der Waals surface area contributed by atoms with E-state index in [4.69, 9.17) is 0 Å². The third-order valence-corrected chi connectivity index (χ3v) is 6.66. The fourth-order valence-corrected chi connectivity index (χ4v) is 4.44. The standard InChI is InChI=1S/C33H31F3N2O2/c1-23(25-10-12-28(13-11-25)37(3)29-14-16-32(40)17-15-29)26-20-27(24(2)39)22-31(21-26)38(19-7-18-33(34,35)36)30-8-5-4-6-9-30/h4-6,8-17,20-22,39-40H,1-2,7,18-19H2,3H3. The first kappa shape index (κ1) is 28.4. The number of phenols is 1. The first-order valence-corrected chi connectivity index (χ1v) is 12.8. The van der Waals surface area contributed by atoms with E-state index in [0.29, 0.717) is 22.4 Å². The number of aliphatic hydroxyl groups is 1. The second kappa shape index (κ2) is 12.0. The summed E-state index contributed by atoms with van der Waals surface area (Å²) < 4.78 is 38.8. The van der Waals surface area contributed by atoms with Crippen molar-refractivity contribution in [3.05, 3.63) is 127 Å². The van der Waals surface area contributed by atoms with Crippen LogP contribution in [-0.2, 0) is 0 Å². The van der Waals surface area contributed by atoms with Gasteiger partial charge in [0.25, 0.3) is 0 Å². The monoisotopic (exact) mass is 544 g/mol. The normalized spacial score (nSPS) is 11.2. The minimum absolute atomic E-state index is 0.0883. The zero-order valence-electron chi connectivity index (χ0n) is 22.2. The van der Waals surface area contributed by atoms with Gasteiger partial charge in [0.05, 0.1) is 0 Å². The van der Waals surface area contributed by atoms with Gasteiger partial charge in [-0.25, -0.2) is 0 Å². The molecule has 0 aliphatic heterocycles. The summed E-state index contributed by atoms with van der Waals surface area (Å²) in [5.74, 6) is 0.0483. The van der Waals surface area contributed by atoms with Gasteiger partial charge in [0.1, 0.15) is 11.5 Å². The summed E-state index contributed by atoms with van der Waals surface area (Å²) in [5.41, 5.74) is 5.90.